The third-order valence-electron chi connectivity index (χ3n) is 2.60. The predicted molar refractivity (Wildman–Crippen MR) is 77.9 cm³/mol. The topological polar surface area (TPSA) is 0 Å². The largest absolute Gasteiger partial charge is 0.103 e. The average Bonchev–Trinajstić information content (AvgIpc) is 3.19. The van der Waals surface area contributed by atoms with Crippen molar-refractivity contribution < 1.29 is 0 Å². The van der Waals surface area contributed by atoms with E-state index in [-0.39, 0.29) is 0 Å². The molecule has 0 bridgehead atoms. The summed E-state index contributed by atoms with van der Waals surface area (Å²) >= 11 is 0. The van der Waals surface area contributed by atoms with Crippen LogP contribution in [0.4, 0.5) is 0 Å². The molecule has 0 radical (unpaired) electrons. The molecular weight excluding hydrogens is 192 g/mol. The summed E-state index contributed by atoms with van der Waals surface area (Å²) in [6, 6.07) is 0. The molecule has 0 amide bonds. The van der Waals surface area contributed by atoms with Crippen LogP contribution in [0.1, 0.15) is 79.6 Å². The van der Waals surface area contributed by atoms with Gasteiger partial charge in [0.2, 0.25) is 0 Å². The van der Waals surface area contributed by atoms with Crippen LogP contribution in [0.15, 0.2) is 12.7 Å². The molecule has 2 fully saturated rings. The Hall–Kier alpha value is -0.260. The SMILES string of the molecule is C1CC1.C=CC(CC)CC.CC.CC1CC1. The highest BCUT2D eigenvalue weighted by atomic mass is 14.2. The standard InChI is InChI=1S/C7H14.C4H8.C3H6.C2H6/c1-4-7(5-2)6-3;1-4-2-3-4;1-2-3-1;1-2/h4,7H,1,5-6H2,2-3H3;4H,2-3H2,1H3;1-3H2;1-2H3. The molecule has 0 nitrogen and oxygen atoms in total. The first-order valence-corrected chi connectivity index (χ1v) is 7.37. The van der Waals surface area contributed by atoms with Crippen LogP contribution in [0.25, 0.3) is 0 Å². The van der Waals surface area contributed by atoms with Gasteiger partial charge in [-0.25, -0.2) is 0 Å². The second-order valence-electron chi connectivity index (χ2n) is 4.56. The Bertz CT molecular complexity index is 113. The van der Waals surface area contributed by atoms with Crippen molar-refractivity contribution in [3.63, 3.8) is 0 Å². The van der Waals surface area contributed by atoms with Crippen LogP contribution >= 0.6 is 0 Å². The van der Waals surface area contributed by atoms with Gasteiger partial charge in [0, 0.05) is 0 Å². The minimum atomic E-state index is 0.750. The average molecular weight is 226 g/mol. The number of rotatable bonds is 3. The van der Waals surface area contributed by atoms with E-state index in [2.05, 4.69) is 27.4 Å². The van der Waals surface area contributed by atoms with Gasteiger partial charge in [0.15, 0.2) is 0 Å². The van der Waals surface area contributed by atoms with E-state index in [1.165, 1.54) is 44.9 Å². The number of hydrogen-bond donors (Lipinski definition) is 0. The zero-order valence-electron chi connectivity index (χ0n) is 12.4. The van der Waals surface area contributed by atoms with Crippen LogP contribution in [-0.2, 0) is 0 Å². The highest BCUT2D eigenvalue weighted by Gasteiger charge is 2.12. The molecule has 2 aliphatic rings. The molecule has 0 atom stereocenters. The summed E-state index contributed by atoms with van der Waals surface area (Å²) in [5, 5.41) is 0. The molecule has 0 saturated heterocycles. The molecule has 0 aromatic carbocycles. The molecule has 16 heavy (non-hydrogen) atoms. The Morgan fingerprint density at radius 2 is 1.38 bits per heavy atom. The van der Waals surface area contributed by atoms with E-state index in [1.807, 2.05) is 19.9 Å². The lowest BCUT2D eigenvalue weighted by molar-refractivity contribution is 0.607. The molecule has 2 rings (SSSR count). The smallest absolute Gasteiger partial charge is 0.0241 e. The van der Waals surface area contributed by atoms with Gasteiger partial charge in [0.25, 0.3) is 0 Å². The molecule has 2 saturated carbocycles. The zero-order chi connectivity index (χ0) is 12.8. The van der Waals surface area contributed by atoms with Crippen LogP contribution in [0.3, 0.4) is 0 Å². The van der Waals surface area contributed by atoms with Crippen LogP contribution in [-0.4, -0.2) is 0 Å². The first kappa shape index (κ1) is 18.1. The Balaban J connectivity index is 0. The molecule has 0 unspecified atom stereocenters. The Morgan fingerprint density at radius 3 is 1.38 bits per heavy atom. The van der Waals surface area contributed by atoms with Gasteiger partial charge in [0.1, 0.15) is 0 Å². The molecule has 0 heterocycles. The lowest BCUT2D eigenvalue weighted by Gasteiger charge is -2.01. The van der Waals surface area contributed by atoms with Crippen molar-refractivity contribution in [2.24, 2.45) is 11.8 Å². The summed E-state index contributed by atoms with van der Waals surface area (Å²) in [6.45, 7) is 14.4. The third kappa shape index (κ3) is 23.5. The summed E-state index contributed by atoms with van der Waals surface area (Å²) in [4.78, 5) is 0. The van der Waals surface area contributed by atoms with Crippen molar-refractivity contribution in [3.05, 3.63) is 12.7 Å². The fraction of sp³-hybridized carbons (Fsp3) is 0.875. The lowest BCUT2D eigenvalue weighted by Crippen LogP contribution is -1.87. The fourth-order valence-electron chi connectivity index (χ4n) is 0.789. The molecule has 98 valence electrons. The molecule has 0 heteroatoms. The van der Waals surface area contributed by atoms with Crippen LogP contribution < -0.4 is 0 Å². The second-order valence-corrected chi connectivity index (χ2v) is 4.56. The highest BCUT2D eigenvalue weighted by Crippen LogP contribution is 2.26. The van der Waals surface area contributed by atoms with E-state index in [9.17, 15) is 0 Å². The van der Waals surface area contributed by atoms with Gasteiger partial charge in [-0.15, -0.1) is 6.58 Å². The minimum absolute atomic E-state index is 0.750. The van der Waals surface area contributed by atoms with E-state index in [1.54, 1.807) is 0 Å². The van der Waals surface area contributed by atoms with Gasteiger partial charge in [-0.3, -0.25) is 0 Å². The summed E-state index contributed by atoms with van der Waals surface area (Å²) in [7, 11) is 0. The molecule has 0 aliphatic heterocycles. The molecular formula is C16H34. The highest BCUT2D eigenvalue weighted by molar-refractivity contribution is 4.75. The Kier molecular flexibility index (Phi) is 16.7. The maximum absolute atomic E-state index is 3.70. The summed E-state index contributed by atoms with van der Waals surface area (Å²) in [6.07, 6.45) is 12.0. The molecule has 2 aliphatic carbocycles. The quantitative estimate of drug-likeness (QED) is 0.501. The van der Waals surface area contributed by atoms with Gasteiger partial charge in [-0.1, -0.05) is 72.8 Å². The lowest BCUT2D eigenvalue weighted by atomic mass is 10.0. The van der Waals surface area contributed by atoms with Crippen molar-refractivity contribution >= 4 is 0 Å². The number of hydrogen-bond acceptors (Lipinski definition) is 0. The maximum Gasteiger partial charge on any atom is -0.0241 e. The van der Waals surface area contributed by atoms with Gasteiger partial charge in [-0.05, 0) is 24.7 Å². The van der Waals surface area contributed by atoms with Gasteiger partial charge in [-0.2, -0.15) is 0 Å². The van der Waals surface area contributed by atoms with E-state index in [0.717, 1.165) is 11.8 Å². The first-order valence-electron chi connectivity index (χ1n) is 7.37. The first-order chi connectivity index (χ1) is 7.74. The number of allylic oxidation sites excluding steroid dienone is 1. The van der Waals surface area contributed by atoms with Crippen molar-refractivity contribution in [2.45, 2.75) is 79.6 Å². The molecule has 0 aromatic heterocycles. The fourth-order valence-corrected chi connectivity index (χ4v) is 0.789. The van der Waals surface area contributed by atoms with E-state index in [0.29, 0.717) is 0 Å². The monoisotopic (exact) mass is 226 g/mol. The van der Waals surface area contributed by atoms with Crippen LogP contribution in [0.5, 0.6) is 0 Å². The van der Waals surface area contributed by atoms with Crippen LogP contribution in [0.2, 0.25) is 0 Å². The zero-order valence-corrected chi connectivity index (χ0v) is 12.4. The summed E-state index contributed by atoms with van der Waals surface area (Å²) in [5.41, 5.74) is 0. The predicted octanol–water partition coefficient (Wildman–Crippen LogP) is 6.22. The third-order valence-corrected chi connectivity index (χ3v) is 2.60. The summed E-state index contributed by atoms with van der Waals surface area (Å²) < 4.78 is 0. The minimum Gasteiger partial charge on any atom is -0.103 e. The van der Waals surface area contributed by atoms with Gasteiger partial charge in [0.05, 0.1) is 0 Å². The Morgan fingerprint density at radius 1 is 1.06 bits per heavy atom. The van der Waals surface area contributed by atoms with Gasteiger partial charge >= 0.3 is 0 Å². The summed E-state index contributed by atoms with van der Waals surface area (Å²) in [5.74, 6) is 1.83. The van der Waals surface area contributed by atoms with Crippen molar-refractivity contribution in [3.8, 4) is 0 Å². The molecule has 0 spiro atoms. The second kappa shape index (κ2) is 14.7. The normalized spacial score (nSPS) is 15.6. The van der Waals surface area contributed by atoms with E-state index >= 15 is 0 Å². The maximum atomic E-state index is 3.70. The molecule has 0 aromatic rings. The van der Waals surface area contributed by atoms with Crippen molar-refractivity contribution in [1.82, 2.24) is 0 Å². The Labute approximate surface area is 105 Å². The van der Waals surface area contributed by atoms with E-state index in [4.69, 9.17) is 0 Å². The van der Waals surface area contributed by atoms with E-state index < -0.39 is 0 Å². The molecule has 0 N–H and O–H groups in total. The van der Waals surface area contributed by atoms with Crippen molar-refractivity contribution in [1.29, 1.82) is 0 Å². The van der Waals surface area contributed by atoms with Crippen molar-refractivity contribution in [2.75, 3.05) is 0 Å². The van der Waals surface area contributed by atoms with Gasteiger partial charge < -0.3 is 0 Å². The van der Waals surface area contributed by atoms with Crippen LogP contribution in [0, 0.1) is 11.8 Å².